The summed E-state index contributed by atoms with van der Waals surface area (Å²) in [7, 11) is 1.42. The van der Waals surface area contributed by atoms with Gasteiger partial charge in [-0.05, 0) is 49.1 Å². The molecule has 9 heteroatoms. The Morgan fingerprint density at radius 1 is 1.25 bits per heavy atom. The van der Waals surface area contributed by atoms with Crippen molar-refractivity contribution >= 4 is 5.91 Å². The lowest BCUT2D eigenvalue weighted by molar-refractivity contribution is -0.122. The van der Waals surface area contributed by atoms with Gasteiger partial charge < -0.3 is 24.7 Å². The number of aromatic nitrogens is 1. The molecule has 9 nitrogen and oxygen atoms in total. The third kappa shape index (κ3) is 6.04. The van der Waals surface area contributed by atoms with Gasteiger partial charge in [0.25, 0.3) is 0 Å². The number of aryl methyl sites for hydroxylation is 1. The maximum Gasteiger partial charge on any atom is 0.227 e. The summed E-state index contributed by atoms with van der Waals surface area (Å²) in [6, 6.07) is 9.85. The van der Waals surface area contributed by atoms with Crippen LogP contribution in [0.2, 0.25) is 0 Å². The molecule has 1 saturated heterocycles. The van der Waals surface area contributed by atoms with Crippen LogP contribution in [0, 0.1) is 6.92 Å². The van der Waals surface area contributed by atoms with Gasteiger partial charge >= 0.3 is 0 Å². The number of piperidine rings is 1. The van der Waals surface area contributed by atoms with Gasteiger partial charge in [0.05, 0.1) is 13.0 Å². The smallest absolute Gasteiger partial charge is 0.227 e. The van der Waals surface area contributed by atoms with Crippen molar-refractivity contribution in [1.82, 2.24) is 15.2 Å². The van der Waals surface area contributed by atoms with Gasteiger partial charge in [-0.15, -0.1) is 0 Å². The van der Waals surface area contributed by atoms with Gasteiger partial charge in [-0.3, -0.25) is 19.5 Å². The van der Waals surface area contributed by atoms with Crippen LogP contribution in [-0.4, -0.2) is 52.2 Å². The van der Waals surface area contributed by atoms with Gasteiger partial charge in [0, 0.05) is 50.6 Å². The molecule has 3 aromatic rings. The fourth-order valence-electron chi connectivity index (χ4n) is 4.59. The van der Waals surface area contributed by atoms with E-state index in [1.165, 1.54) is 19.2 Å². The van der Waals surface area contributed by atoms with E-state index in [1.807, 2.05) is 12.3 Å². The molecule has 1 atom stereocenters. The van der Waals surface area contributed by atoms with Crippen LogP contribution in [0.1, 0.15) is 47.8 Å². The van der Waals surface area contributed by atoms with Crippen molar-refractivity contribution in [2.75, 3.05) is 20.2 Å². The highest BCUT2D eigenvalue weighted by molar-refractivity contribution is 5.78. The molecule has 1 aliphatic heterocycles. The number of benzene rings is 1. The monoisotopic (exact) mass is 493 g/mol. The summed E-state index contributed by atoms with van der Waals surface area (Å²) in [6.45, 7) is 4.14. The van der Waals surface area contributed by atoms with Crippen molar-refractivity contribution in [3.8, 4) is 17.2 Å². The third-order valence-electron chi connectivity index (χ3n) is 6.47. The molecule has 3 N–H and O–H groups in total. The molecule has 0 radical (unpaired) electrons. The number of phenolic OH excluding ortho intramolecular Hbond substituents is 1. The van der Waals surface area contributed by atoms with E-state index in [-0.39, 0.29) is 35.6 Å². The van der Waals surface area contributed by atoms with Crippen LogP contribution < -0.4 is 15.5 Å². The molecule has 0 aliphatic carbocycles. The summed E-state index contributed by atoms with van der Waals surface area (Å²) >= 11 is 0. The van der Waals surface area contributed by atoms with Crippen LogP contribution in [0.5, 0.6) is 17.2 Å². The quantitative estimate of drug-likeness (QED) is 0.437. The molecule has 1 aromatic carbocycles. The number of aromatic hydroxyl groups is 2. The lowest BCUT2D eigenvalue weighted by Gasteiger charge is -2.32. The number of ether oxygens (including phenoxy) is 1. The van der Waals surface area contributed by atoms with Gasteiger partial charge in [-0.1, -0.05) is 12.1 Å². The minimum absolute atomic E-state index is 0.00850. The highest BCUT2D eigenvalue weighted by atomic mass is 16.5. The Balaban J connectivity index is 1.47. The second-order valence-electron chi connectivity index (χ2n) is 9.10. The van der Waals surface area contributed by atoms with E-state index >= 15 is 0 Å². The summed E-state index contributed by atoms with van der Waals surface area (Å²) in [6.07, 6.45) is 5.20. The molecule has 0 spiro atoms. The van der Waals surface area contributed by atoms with Crippen LogP contribution in [-0.2, 0) is 11.3 Å². The Morgan fingerprint density at radius 3 is 2.72 bits per heavy atom. The van der Waals surface area contributed by atoms with Crippen molar-refractivity contribution in [3.05, 3.63) is 81.7 Å². The summed E-state index contributed by atoms with van der Waals surface area (Å²) in [5, 5.41) is 23.6. The average Bonchev–Trinajstić information content (AvgIpc) is 2.87. The molecular weight excluding hydrogens is 462 g/mol. The number of hydrogen-bond donors (Lipinski definition) is 3. The SMILES string of the molecule is COc1cc(C(CC(=O)NC2CCN(Cc3cccnc3)CC2)c2oc(C)cc(=O)c2O)ccc1O. The van der Waals surface area contributed by atoms with Crippen LogP contribution in [0.3, 0.4) is 0 Å². The number of carbonyl (C=O) groups excluding carboxylic acids is 1. The lowest BCUT2D eigenvalue weighted by atomic mass is 9.91. The molecule has 36 heavy (non-hydrogen) atoms. The number of phenols is 1. The molecule has 3 heterocycles. The first-order chi connectivity index (χ1) is 17.3. The number of nitrogens with one attached hydrogen (secondary N) is 1. The van der Waals surface area contributed by atoms with E-state index in [2.05, 4.69) is 21.3 Å². The molecule has 4 rings (SSSR count). The fraction of sp³-hybridized carbons (Fsp3) is 0.370. The highest BCUT2D eigenvalue weighted by Gasteiger charge is 2.28. The molecule has 0 saturated carbocycles. The molecular formula is C27H31N3O6. The number of pyridine rings is 1. The Bertz CT molecular complexity index is 1250. The second-order valence-corrected chi connectivity index (χ2v) is 9.10. The minimum Gasteiger partial charge on any atom is -0.504 e. The number of nitrogens with zero attached hydrogens (tertiary/aromatic N) is 2. The molecule has 1 fully saturated rings. The third-order valence-corrected chi connectivity index (χ3v) is 6.47. The van der Waals surface area contributed by atoms with Crippen LogP contribution in [0.25, 0.3) is 0 Å². The van der Waals surface area contributed by atoms with Crippen molar-refractivity contribution < 1.29 is 24.2 Å². The van der Waals surface area contributed by atoms with Crippen molar-refractivity contribution in [2.24, 2.45) is 0 Å². The summed E-state index contributed by atoms with van der Waals surface area (Å²) in [4.78, 5) is 31.9. The van der Waals surface area contributed by atoms with Gasteiger partial charge in [0.2, 0.25) is 17.1 Å². The average molecular weight is 494 g/mol. The number of likely N-dealkylation sites (tertiary alicyclic amines) is 1. The lowest BCUT2D eigenvalue weighted by Crippen LogP contribution is -2.44. The molecule has 190 valence electrons. The zero-order chi connectivity index (χ0) is 25.7. The number of amides is 1. The first-order valence-corrected chi connectivity index (χ1v) is 11.9. The Kier molecular flexibility index (Phi) is 7.90. The summed E-state index contributed by atoms with van der Waals surface area (Å²) < 4.78 is 10.9. The Labute approximate surface area is 209 Å². The van der Waals surface area contributed by atoms with Gasteiger partial charge in [0.15, 0.2) is 17.3 Å². The number of hydrogen-bond acceptors (Lipinski definition) is 8. The fourth-order valence-corrected chi connectivity index (χ4v) is 4.59. The molecule has 1 aliphatic rings. The standard InChI is InChI=1S/C27H31N3O6/c1-17-12-23(32)26(34)27(36-17)21(19-5-6-22(31)24(13-19)35-2)14-25(33)29-20-7-10-30(11-8-20)16-18-4-3-9-28-15-18/h3-6,9,12-13,15,20-21,31,34H,7-8,10-11,14,16H2,1-2H3,(H,29,33). The Hall–Kier alpha value is -3.85. The van der Waals surface area contributed by atoms with Crippen LogP contribution in [0.4, 0.5) is 0 Å². The zero-order valence-electron chi connectivity index (χ0n) is 20.4. The summed E-state index contributed by atoms with van der Waals surface area (Å²) in [5.41, 5.74) is 1.15. The predicted octanol–water partition coefficient (Wildman–Crippen LogP) is 3.07. The van der Waals surface area contributed by atoms with E-state index in [1.54, 1.807) is 25.3 Å². The molecule has 0 bridgehead atoms. The predicted molar refractivity (Wildman–Crippen MR) is 133 cm³/mol. The van der Waals surface area contributed by atoms with E-state index in [0.29, 0.717) is 11.3 Å². The van der Waals surface area contributed by atoms with E-state index in [9.17, 15) is 19.8 Å². The van der Waals surface area contributed by atoms with Gasteiger partial charge in [-0.25, -0.2) is 0 Å². The maximum absolute atomic E-state index is 13.1. The minimum atomic E-state index is -0.752. The normalized spacial score (nSPS) is 15.4. The molecule has 2 aromatic heterocycles. The van der Waals surface area contributed by atoms with Crippen LogP contribution >= 0.6 is 0 Å². The number of carbonyl (C=O) groups is 1. The van der Waals surface area contributed by atoms with Gasteiger partial charge in [0.1, 0.15) is 5.76 Å². The summed E-state index contributed by atoms with van der Waals surface area (Å²) in [5.74, 6) is -1.02. The Morgan fingerprint density at radius 2 is 2.03 bits per heavy atom. The topological polar surface area (TPSA) is 125 Å². The first kappa shape index (κ1) is 25.2. The van der Waals surface area contributed by atoms with Gasteiger partial charge in [-0.2, -0.15) is 0 Å². The highest BCUT2D eigenvalue weighted by Crippen LogP contribution is 2.37. The van der Waals surface area contributed by atoms with E-state index < -0.39 is 17.1 Å². The maximum atomic E-state index is 13.1. The molecule has 1 unspecified atom stereocenters. The van der Waals surface area contributed by atoms with Crippen molar-refractivity contribution in [1.29, 1.82) is 0 Å². The first-order valence-electron chi connectivity index (χ1n) is 11.9. The van der Waals surface area contributed by atoms with E-state index in [0.717, 1.165) is 38.0 Å². The largest absolute Gasteiger partial charge is 0.504 e. The van der Waals surface area contributed by atoms with Crippen molar-refractivity contribution in [3.63, 3.8) is 0 Å². The number of rotatable bonds is 8. The van der Waals surface area contributed by atoms with E-state index in [4.69, 9.17) is 9.15 Å². The molecule has 1 amide bonds. The second kappa shape index (κ2) is 11.3. The van der Waals surface area contributed by atoms with Crippen LogP contribution in [0.15, 0.2) is 58.0 Å². The van der Waals surface area contributed by atoms with Crippen molar-refractivity contribution in [2.45, 2.75) is 44.7 Å². The number of methoxy groups -OCH3 is 1. The zero-order valence-corrected chi connectivity index (χ0v) is 20.4.